The Labute approximate surface area is 683 Å². The summed E-state index contributed by atoms with van der Waals surface area (Å²) >= 11 is 0. The van der Waals surface area contributed by atoms with Crippen molar-refractivity contribution < 1.29 is 0 Å². The van der Waals surface area contributed by atoms with E-state index in [9.17, 15) is 0 Å². The van der Waals surface area contributed by atoms with Crippen molar-refractivity contribution in [2.24, 2.45) is 0 Å². The zero-order chi connectivity index (χ0) is 77.3. The number of pyridine rings is 2. The van der Waals surface area contributed by atoms with Crippen LogP contribution in [0.4, 0.5) is 0 Å². The number of para-hydroxylation sites is 2. The second-order valence-electron chi connectivity index (χ2n) is 32.4. The van der Waals surface area contributed by atoms with E-state index >= 15 is 0 Å². The van der Waals surface area contributed by atoms with Crippen molar-refractivity contribution in [2.45, 2.75) is 10.8 Å². The Morgan fingerprint density at radius 2 is 0.432 bits per heavy atom. The summed E-state index contributed by atoms with van der Waals surface area (Å²) in [5, 5.41) is 17.2. The highest BCUT2D eigenvalue weighted by atomic mass is 14.7. The van der Waals surface area contributed by atoms with Crippen molar-refractivity contribution in [3.63, 3.8) is 0 Å². The highest BCUT2D eigenvalue weighted by molar-refractivity contribution is 6.22. The fourth-order valence-electron chi connectivity index (χ4n) is 21.3. The molecule has 4 aliphatic rings. The summed E-state index contributed by atoms with van der Waals surface area (Å²) in [4.78, 5) is 10.9. The fourth-order valence-corrected chi connectivity index (χ4v) is 21.3. The molecular formula is C116H70N2. The molecule has 0 saturated heterocycles. The van der Waals surface area contributed by atoms with Crippen molar-refractivity contribution >= 4 is 86.4 Å². The molecule has 0 atom stereocenters. The van der Waals surface area contributed by atoms with E-state index in [1.54, 1.807) is 0 Å². The first-order valence-corrected chi connectivity index (χ1v) is 41.1. The molecule has 2 heterocycles. The molecule has 0 saturated carbocycles. The summed E-state index contributed by atoms with van der Waals surface area (Å²) in [5.41, 5.74) is 36.5. The second-order valence-corrected chi connectivity index (χ2v) is 32.4. The molecule has 0 amide bonds. The van der Waals surface area contributed by atoms with Crippen LogP contribution in [-0.2, 0) is 10.8 Å². The van der Waals surface area contributed by atoms with Crippen LogP contribution in [0.3, 0.4) is 0 Å². The maximum absolute atomic E-state index is 5.46. The summed E-state index contributed by atoms with van der Waals surface area (Å²) in [7, 11) is 0. The van der Waals surface area contributed by atoms with Gasteiger partial charge >= 0.3 is 0 Å². The van der Waals surface area contributed by atoms with E-state index in [2.05, 4.69) is 425 Å². The molecule has 2 nitrogen and oxygen atoms in total. The highest BCUT2D eigenvalue weighted by Crippen LogP contribution is 2.66. The van der Waals surface area contributed by atoms with Gasteiger partial charge in [-0.05, 0) is 231 Å². The predicted octanol–water partition coefficient (Wildman–Crippen LogP) is 30.1. The van der Waals surface area contributed by atoms with Crippen LogP contribution in [0, 0.1) is 0 Å². The van der Waals surface area contributed by atoms with Crippen molar-refractivity contribution in [3.05, 3.63) is 469 Å². The topological polar surface area (TPSA) is 25.8 Å². The molecule has 20 aromatic carbocycles. The first kappa shape index (κ1) is 66.2. The van der Waals surface area contributed by atoms with E-state index in [0.717, 1.165) is 33.5 Å². The van der Waals surface area contributed by atoms with Gasteiger partial charge in [0.25, 0.3) is 0 Å². The number of aromatic nitrogens is 2. The smallest absolute Gasteiger partial charge is 0.0788 e. The van der Waals surface area contributed by atoms with Crippen molar-refractivity contribution in [2.75, 3.05) is 0 Å². The minimum atomic E-state index is -0.399. The molecule has 2 aromatic heterocycles. The molecule has 0 aliphatic heterocycles. The minimum Gasteiger partial charge on any atom is -0.247 e. The van der Waals surface area contributed by atoms with Gasteiger partial charge < -0.3 is 0 Å². The van der Waals surface area contributed by atoms with Gasteiger partial charge in [0.05, 0.1) is 33.3 Å². The molecule has 0 bridgehead atoms. The van der Waals surface area contributed by atoms with Gasteiger partial charge in [-0.25, -0.2) is 9.97 Å². The Morgan fingerprint density at radius 3 is 0.856 bits per heavy atom. The van der Waals surface area contributed by atoms with Gasteiger partial charge in [0, 0.05) is 43.4 Å². The van der Waals surface area contributed by atoms with Crippen LogP contribution in [-0.4, -0.2) is 9.97 Å². The van der Waals surface area contributed by atoms with Crippen molar-refractivity contribution in [3.8, 4) is 112 Å². The average Bonchev–Trinajstić information content (AvgIpc) is 1.51. The quantitative estimate of drug-likeness (QED) is 0.155. The molecule has 26 rings (SSSR count). The van der Waals surface area contributed by atoms with Gasteiger partial charge in [-0.3, -0.25) is 0 Å². The van der Waals surface area contributed by atoms with Crippen LogP contribution < -0.4 is 0 Å². The highest BCUT2D eigenvalue weighted by Gasteiger charge is 2.54. The number of rotatable bonds is 6. The lowest BCUT2D eigenvalue weighted by atomic mass is 9.70. The molecule has 0 N–H and O–H groups in total. The summed E-state index contributed by atoms with van der Waals surface area (Å²) < 4.78 is 0. The van der Waals surface area contributed by atoms with Crippen LogP contribution in [0.25, 0.3) is 198 Å². The van der Waals surface area contributed by atoms with Crippen LogP contribution in [0.5, 0.6) is 0 Å². The molecule has 0 fully saturated rings. The van der Waals surface area contributed by atoms with E-state index in [1.807, 2.05) is 0 Å². The molecule has 2 spiro atoms. The monoisotopic (exact) mass is 1490 g/mol. The summed E-state index contributed by atoms with van der Waals surface area (Å²) in [6.07, 6.45) is 0. The maximum atomic E-state index is 5.46. The molecule has 544 valence electrons. The van der Waals surface area contributed by atoms with Crippen LogP contribution >= 0.6 is 0 Å². The molecular weight excluding hydrogens is 1420 g/mol. The third kappa shape index (κ3) is 9.63. The van der Waals surface area contributed by atoms with Crippen molar-refractivity contribution in [1.82, 2.24) is 9.97 Å². The fraction of sp³-hybridized carbons (Fsp3) is 0.0172. The van der Waals surface area contributed by atoms with E-state index in [4.69, 9.17) is 9.97 Å². The Hall–Kier alpha value is -15.2. The molecule has 4 aliphatic carbocycles. The molecule has 0 radical (unpaired) electrons. The van der Waals surface area contributed by atoms with Gasteiger partial charge in [0.2, 0.25) is 0 Å². The summed E-state index contributed by atoms with van der Waals surface area (Å²) in [6, 6.07) is 157. The Kier molecular flexibility index (Phi) is 14.4. The number of nitrogens with zero attached hydrogens (tertiary/aromatic N) is 2. The Bertz CT molecular complexity index is 7990. The largest absolute Gasteiger partial charge is 0.247 e. The van der Waals surface area contributed by atoms with Crippen molar-refractivity contribution in [1.29, 1.82) is 0 Å². The van der Waals surface area contributed by atoms with E-state index < -0.39 is 10.8 Å². The lowest BCUT2D eigenvalue weighted by molar-refractivity contribution is 0.794. The summed E-state index contributed by atoms with van der Waals surface area (Å²) in [6.45, 7) is 0. The number of hydrogen-bond acceptors (Lipinski definition) is 2. The zero-order valence-corrected chi connectivity index (χ0v) is 64.3. The van der Waals surface area contributed by atoms with E-state index in [1.165, 1.54) is 209 Å². The maximum Gasteiger partial charge on any atom is 0.0788 e. The minimum absolute atomic E-state index is 0.393. The normalized spacial score (nSPS) is 13.2. The third-order valence-corrected chi connectivity index (χ3v) is 26.5. The van der Waals surface area contributed by atoms with E-state index in [-0.39, 0.29) is 0 Å². The number of fused-ring (bicyclic) bond motifs is 32. The first-order valence-electron chi connectivity index (χ1n) is 41.1. The zero-order valence-electron chi connectivity index (χ0n) is 64.3. The van der Waals surface area contributed by atoms with Crippen LogP contribution in [0.1, 0.15) is 44.5 Å². The van der Waals surface area contributed by atoms with Gasteiger partial charge in [0.1, 0.15) is 0 Å². The van der Waals surface area contributed by atoms with Gasteiger partial charge in [-0.15, -0.1) is 0 Å². The molecule has 0 unspecified atom stereocenters. The standard InChI is InChI=1S/2C58H35N/c1-2-13-37-32-40(25-24-36(37)12-1)42-29-28-41-33-39(26-27-43(41)34-42)38-14-11-15-44(35-38)57-49-30-31-53-56(55(49)48-19-6-10-23-54(48)59-57)47-18-5-9-22-52(47)58(53)50-20-7-3-16-45(50)46-17-4-8-21-51(46)58;1-2-12-40-33-42(29-23-36(40)11-1)43-30-25-38-24-28-41(34-44(38)35-43)37-21-26-39(27-22-37)57-49-31-32-53-56(55(49)48-16-6-10-20-54(48)59-57)47-15-5-9-19-52(47)58(53)50-17-7-3-13-45(50)46-14-4-8-18-51(46)58/h2*1-35H. The van der Waals surface area contributed by atoms with Crippen LogP contribution in [0.15, 0.2) is 425 Å². The third-order valence-electron chi connectivity index (χ3n) is 26.5. The van der Waals surface area contributed by atoms with Gasteiger partial charge in [-0.2, -0.15) is 0 Å². The predicted molar refractivity (Wildman–Crippen MR) is 494 cm³/mol. The Balaban J connectivity index is 0.000000131. The lowest BCUT2D eigenvalue weighted by Gasteiger charge is -2.30. The van der Waals surface area contributed by atoms with E-state index in [0.29, 0.717) is 0 Å². The molecule has 2 heteroatoms. The van der Waals surface area contributed by atoms with Crippen LogP contribution in [0.2, 0.25) is 0 Å². The number of hydrogen-bond donors (Lipinski definition) is 0. The number of benzene rings is 20. The molecule has 22 aromatic rings. The van der Waals surface area contributed by atoms with Gasteiger partial charge in [0.15, 0.2) is 0 Å². The lowest BCUT2D eigenvalue weighted by Crippen LogP contribution is -2.25. The van der Waals surface area contributed by atoms with Gasteiger partial charge in [-0.1, -0.05) is 370 Å². The molecule has 118 heavy (non-hydrogen) atoms. The first-order chi connectivity index (χ1) is 58.5. The average molecular weight is 1490 g/mol. The SMILES string of the molecule is c1cc(-c2ccc3cc(-c4ccc5ccccc5c4)ccc3c2)cc(-c2nc3ccccc3c3c4c(ccc23)C2(c3ccccc3-c3ccccc32)c2ccccc2-4)c1.c1ccc2c(c1)-c1ccccc1C21c2ccccc2-c2c1ccc1c(-c3ccc(-c4ccc5ccc(-c6ccc7ccccc7c6)cc5c4)cc3)nc3ccccc3c21. The Morgan fingerprint density at radius 1 is 0.153 bits per heavy atom. The summed E-state index contributed by atoms with van der Waals surface area (Å²) in [5.74, 6) is 0. The second kappa shape index (κ2) is 25.6.